The third-order valence-electron chi connectivity index (χ3n) is 5.50. The van der Waals surface area contributed by atoms with E-state index in [4.69, 9.17) is 4.74 Å². The lowest BCUT2D eigenvalue weighted by Gasteiger charge is -2.15. The summed E-state index contributed by atoms with van der Waals surface area (Å²) < 4.78 is 47.4. The van der Waals surface area contributed by atoms with Crippen molar-refractivity contribution in [2.75, 3.05) is 12.4 Å². The lowest BCUT2D eigenvalue weighted by atomic mass is 10.0. The Balaban J connectivity index is 1.85. The van der Waals surface area contributed by atoms with Gasteiger partial charge in [-0.15, -0.1) is 0 Å². The number of amides is 1. The molecule has 0 saturated carbocycles. The normalized spacial score (nSPS) is 11.3. The molecule has 0 saturated heterocycles. The second kappa shape index (κ2) is 12.6. The van der Waals surface area contributed by atoms with Crippen LogP contribution in [0.25, 0.3) is 11.3 Å². The molecule has 0 spiro atoms. The SMILES string of the molecule is Cc1cc(-c2cc(C(F)(F)F)c(C#N)c(SCC(=O)NCc3ccccc3)n2)ccc1OCCC(C)C. The maximum atomic E-state index is 13.9. The minimum absolute atomic E-state index is 0.0651. The zero-order valence-electron chi connectivity index (χ0n) is 20.9. The zero-order valence-corrected chi connectivity index (χ0v) is 21.7. The highest BCUT2D eigenvalue weighted by Crippen LogP contribution is 2.38. The Bertz CT molecular complexity index is 1270. The van der Waals surface area contributed by atoms with E-state index in [9.17, 15) is 23.2 Å². The molecule has 37 heavy (non-hydrogen) atoms. The molecule has 1 heterocycles. The first-order valence-corrected chi connectivity index (χ1v) is 12.8. The van der Waals surface area contributed by atoms with Crippen molar-refractivity contribution in [3.63, 3.8) is 0 Å². The molecular weight excluding hydrogens is 499 g/mol. The number of ether oxygens (including phenoxy) is 1. The van der Waals surface area contributed by atoms with Crippen LogP contribution in [0.15, 0.2) is 59.6 Å². The Morgan fingerprint density at radius 1 is 1.16 bits per heavy atom. The van der Waals surface area contributed by atoms with Gasteiger partial charge in [-0.3, -0.25) is 4.79 Å². The summed E-state index contributed by atoms with van der Waals surface area (Å²) in [4.78, 5) is 16.7. The number of hydrogen-bond acceptors (Lipinski definition) is 5. The number of halogens is 3. The van der Waals surface area contributed by atoms with Crippen molar-refractivity contribution >= 4 is 17.7 Å². The molecule has 0 aliphatic heterocycles. The predicted molar refractivity (Wildman–Crippen MR) is 138 cm³/mol. The second-order valence-corrected chi connectivity index (χ2v) is 9.87. The quantitative estimate of drug-likeness (QED) is 0.294. The molecular formula is C28H28F3N3O2S. The molecule has 0 radical (unpaired) electrons. The van der Waals surface area contributed by atoms with Crippen LogP contribution in [0.1, 0.15) is 42.5 Å². The van der Waals surface area contributed by atoms with Crippen LogP contribution in [0.5, 0.6) is 5.75 Å². The van der Waals surface area contributed by atoms with Gasteiger partial charge in [-0.25, -0.2) is 4.98 Å². The average molecular weight is 528 g/mol. The van der Waals surface area contributed by atoms with Crippen molar-refractivity contribution in [1.29, 1.82) is 5.26 Å². The number of hydrogen-bond donors (Lipinski definition) is 1. The molecule has 0 bridgehead atoms. The van der Waals surface area contributed by atoms with Gasteiger partial charge in [-0.05, 0) is 54.7 Å². The molecule has 0 fully saturated rings. The summed E-state index contributed by atoms with van der Waals surface area (Å²) in [5, 5.41) is 12.1. The number of carbonyl (C=O) groups excluding carboxylic acids is 1. The van der Waals surface area contributed by atoms with E-state index in [0.717, 1.165) is 35.4 Å². The van der Waals surface area contributed by atoms with Crippen molar-refractivity contribution in [3.05, 3.63) is 76.9 Å². The molecule has 0 aliphatic rings. The van der Waals surface area contributed by atoms with Crippen LogP contribution in [0.4, 0.5) is 13.2 Å². The number of rotatable bonds is 10. The summed E-state index contributed by atoms with van der Waals surface area (Å²) in [6, 6.07) is 16.8. The number of nitrogens with one attached hydrogen (secondary N) is 1. The summed E-state index contributed by atoms with van der Waals surface area (Å²) in [7, 11) is 0. The first-order chi connectivity index (χ1) is 17.6. The van der Waals surface area contributed by atoms with Gasteiger partial charge < -0.3 is 10.1 Å². The molecule has 9 heteroatoms. The first kappa shape index (κ1) is 28.1. The molecule has 0 aliphatic carbocycles. The van der Waals surface area contributed by atoms with E-state index in [0.29, 0.717) is 23.8 Å². The zero-order chi connectivity index (χ0) is 27.0. The molecule has 3 aromatic rings. The van der Waals surface area contributed by atoms with Crippen LogP contribution in [0.3, 0.4) is 0 Å². The molecule has 194 valence electrons. The number of aromatic nitrogens is 1. The Morgan fingerprint density at radius 2 is 1.89 bits per heavy atom. The van der Waals surface area contributed by atoms with Gasteiger partial charge in [-0.2, -0.15) is 18.4 Å². The summed E-state index contributed by atoms with van der Waals surface area (Å²) in [5.41, 5.74) is 0.500. The van der Waals surface area contributed by atoms with Gasteiger partial charge >= 0.3 is 6.18 Å². The minimum Gasteiger partial charge on any atom is -0.493 e. The van der Waals surface area contributed by atoms with E-state index in [1.54, 1.807) is 24.3 Å². The van der Waals surface area contributed by atoms with E-state index in [1.807, 2.05) is 37.3 Å². The van der Waals surface area contributed by atoms with Gasteiger partial charge in [0.2, 0.25) is 5.91 Å². The van der Waals surface area contributed by atoms with Crippen LogP contribution in [0.2, 0.25) is 0 Å². The van der Waals surface area contributed by atoms with Gasteiger partial charge in [-0.1, -0.05) is 55.9 Å². The Kier molecular flexibility index (Phi) is 9.59. The number of carbonyl (C=O) groups is 1. The summed E-state index contributed by atoms with van der Waals surface area (Å²) in [6.07, 6.45) is -3.88. The maximum absolute atomic E-state index is 13.9. The number of benzene rings is 2. The van der Waals surface area contributed by atoms with Gasteiger partial charge in [0.25, 0.3) is 0 Å². The Hall–Kier alpha value is -3.51. The van der Waals surface area contributed by atoms with Crippen molar-refractivity contribution in [3.8, 4) is 23.1 Å². The fourth-order valence-corrected chi connectivity index (χ4v) is 4.30. The smallest absolute Gasteiger partial charge is 0.417 e. The maximum Gasteiger partial charge on any atom is 0.417 e. The second-order valence-electron chi connectivity index (χ2n) is 8.91. The van der Waals surface area contributed by atoms with Crippen LogP contribution >= 0.6 is 11.8 Å². The predicted octanol–water partition coefficient (Wildman–Crippen LogP) is 6.78. The van der Waals surface area contributed by atoms with Crippen molar-refractivity contribution in [2.45, 2.75) is 44.9 Å². The molecule has 0 unspecified atom stereocenters. The molecule has 1 aromatic heterocycles. The molecule has 3 rings (SSSR count). The number of nitrogens with zero attached hydrogens (tertiary/aromatic N) is 2. The monoisotopic (exact) mass is 527 g/mol. The number of nitriles is 1. The average Bonchev–Trinajstić information content (AvgIpc) is 2.86. The fraction of sp³-hybridized carbons (Fsp3) is 0.321. The molecule has 1 N–H and O–H groups in total. The molecule has 2 aromatic carbocycles. The van der Waals surface area contributed by atoms with E-state index in [2.05, 4.69) is 24.1 Å². The number of thioether (sulfide) groups is 1. The molecule has 0 atom stereocenters. The number of pyridine rings is 1. The summed E-state index contributed by atoms with van der Waals surface area (Å²) in [6.45, 7) is 6.83. The topological polar surface area (TPSA) is 75.0 Å². The number of aryl methyl sites for hydroxylation is 1. The van der Waals surface area contributed by atoms with E-state index >= 15 is 0 Å². The first-order valence-electron chi connectivity index (χ1n) is 11.8. The number of alkyl halides is 3. The van der Waals surface area contributed by atoms with Gasteiger partial charge in [0.15, 0.2) is 0 Å². The van der Waals surface area contributed by atoms with Crippen molar-refractivity contribution in [2.24, 2.45) is 5.92 Å². The van der Waals surface area contributed by atoms with Crippen molar-refractivity contribution < 1.29 is 22.7 Å². The third-order valence-corrected chi connectivity index (χ3v) is 6.47. The van der Waals surface area contributed by atoms with Crippen molar-refractivity contribution in [1.82, 2.24) is 10.3 Å². The minimum atomic E-state index is -4.76. The highest BCUT2D eigenvalue weighted by Gasteiger charge is 2.36. The largest absolute Gasteiger partial charge is 0.493 e. The van der Waals surface area contributed by atoms with E-state index < -0.39 is 17.3 Å². The summed E-state index contributed by atoms with van der Waals surface area (Å²) >= 11 is 0.805. The highest BCUT2D eigenvalue weighted by molar-refractivity contribution is 8.00. The Morgan fingerprint density at radius 3 is 2.51 bits per heavy atom. The lowest BCUT2D eigenvalue weighted by Crippen LogP contribution is -2.24. The van der Waals surface area contributed by atoms with Crippen LogP contribution in [0, 0.1) is 24.2 Å². The lowest BCUT2D eigenvalue weighted by molar-refractivity contribution is -0.138. The van der Waals surface area contributed by atoms with Crippen LogP contribution in [-0.2, 0) is 17.5 Å². The van der Waals surface area contributed by atoms with Crippen LogP contribution < -0.4 is 10.1 Å². The van der Waals surface area contributed by atoms with E-state index in [-0.39, 0.29) is 28.9 Å². The third kappa shape index (κ3) is 7.99. The van der Waals surface area contributed by atoms with Crippen LogP contribution in [-0.4, -0.2) is 23.3 Å². The fourth-order valence-electron chi connectivity index (χ4n) is 3.46. The Labute approximate surface area is 219 Å². The molecule has 1 amide bonds. The van der Waals surface area contributed by atoms with Gasteiger partial charge in [0.05, 0.1) is 29.2 Å². The van der Waals surface area contributed by atoms with E-state index in [1.165, 1.54) is 0 Å². The highest BCUT2D eigenvalue weighted by atomic mass is 32.2. The summed E-state index contributed by atoms with van der Waals surface area (Å²) in [5.74, 6) is 0.576. The standard InChI is InChI=1S/C28H28F3N3O2S/c1-18(2)11-12-36-25-10-9-21(13-19(25)3)24-14-23(28(29,30)31)22(15-32)27(34-24)37-17-26(35)33-16-20-7-5-4-6-8-20/h4-10,13-14,18H,11-12,16-17H2,1-3H3,(H,33,35). The van der Waals surface area contributed by atoms with Gasteiger partial charge in [0, 0.05) is 12.1 Å². The molecule has 5 nitrogen and oxygen atoms in total. The van der Waals surface area contributed by atoms with Gasteiger partial charge in [0.1, 0.15) is 16.8 Å².